The number of hydrogen-bond donors (Lipinski definition) is 0. The first-order valence-electron chi connectivity index (χ1n) is 19.7. The molecule has 0 fully saturated rings. The van der Waals surface area contributed by atoms with Crippen LogP contribution in [0.25, 0.3) is 115 Å². The molecular formula is C54H33N3. The molecule has 0 radical (unpaired) electrons. The van der Waals surface area contributed by atoms with Crippen LogP contribution in [0.2, 0.25) is 0 Å². The topological polar surface area (TPSA) is 14.8 Å². The summed E-state index contributed by atoms with van der Waals surface area (Å²) >= 11 is 0. The van der Waals surface area contributed by atoms with E-state index in [2.05, 4.69) is 214 Å². The van der Waals surface area contributed by atoms with Gasteiger partial charge in [-0.05, 0) is 99.0 Å². The van der Waals surface area contributed by atoms with Crippen LogP contribution < -0.4 is 0 Å². The van der Waals surface area contributed by atoms with Gasteiger partial charge < -0.3 is 13.7 Å². The van der Waals surface area contributed by atoms with Gasteiger partial charge >= 0.3 is 0 Å². The Morgan fingerprint density at radius 2 is 0.579 bits per heavy atom. The highest BCUT2D eigenvalue weighted by molar-refractivity contribution is 6.26. The minimum absolute atomic E-state index is 1.15. The van der Waals surface area contributed by atoms with E-state index in [1.54, 1.807) is 0 Å². The zero-order chi connectivity index (χ0) is 37.2. The fourth-order valence-corrected chi connectivity index (χ4v) is 10.1. The SMILES string of the molecule is c1ccc2c(c1)c1ccccc1c1cc(-n3c4ccccc4c4cc(-n5c6ccccc6c6c(-n7c8ccccc8c8ccccc87)cccc65)ccc43)ccc21. The molecule has 0 bridgehead atoms. The average Bonchev–Trinajstić information content (AvgIpc) is 3.92. The predicted molar refractivity (Wildman–Crippen MR) is 242 cm³/mol. The van der Waals surface area contributed by atoms with Gasteiger partial charge in [-0.15, -0.1) is 0 Å². The third-order valence-electron chi connectivity index (χ3n) is 12.4. The van der Waals surface area contributed by atoms with Gasteiger partial charge in [0, 0.05) is 43.7 Å². The third-order valence-corrected chi connectivity index (χ3v) is 12.4. The summed E-state index contributed by atoms with van der Waals surface area (Å²) in [6, 6.07) is 73.7. The molecular weight excluding hydrogens is 691 g/mol. The van der Waals surface area contributed by atoms with Crippen molar-refractivity contribution in [1.29, 1.82) is 0 Å². The number of fused-ring (bicyclic) bond motifs is 15. The molecule has 0 atom stereocenters. The van der Waals surface area contributed by atoms with Crippen molar-refractivity contribution in [1.82, 2.24) is 13.7 Å². The largest absolute Gasteiger partial charge is 0.309 e. The number of benzene rings is 10. The molecule has 3 heterocycles. The second kappa shape index (κ2) is 11.5. The van der Waals surface area contributed by atoms with Crippen LogP contribution in [0.3, 0.4) is 0 Å². The van der Waals surface area contributed by atoms with Crippen molar-refractivity contribution >= 4 is 97.7 Å². The highest BCUT2D eigenvalue weighted by atomic mass is 15.0. The molecule has 0 aliphatic rings. The molecule has 0 spiro atoms. The predicted octanol–water partition coefficient (Wildman–Crippen LogP) is 14.4. The first-order valence-corrected chi connectivity index (χ1v) is 19.7. The number of hydrogen-bond acceptors (Lipinski definition) is 0. The van der Waals surface area contributed by atoms with Crippen molar-refractivity contribution in [2.45, 2.75) is 0 Å². The zero-order valence-corrected chi connectivity index (χ0v) is 30.9. The molecule has 10 aromatic carbocycles. The van der Waals surface area contributed by atoms with Gasteiger partial charge in [-0.1, -0.05) is 133 Å². The monoisotopic (exact) mass is 723 g/mol. The smallest absolute Gasteiger partial charge is 0.0562 e. The van der Waals surface area contributed by atoms with E-state index in [0.717, 1.165) is 11.4 Å². The summed E-state index contributed by atoms with van der Waals surface area (Å²) < 4.78 is 7.36. The molecule has 3 nitrogen and oxygen atoms in total. The summed E-state index contributed by atoms with van der Waals surface area (Å²) in [4.78, 5) is 0. The van der Waals surface area contributed by atoms with Crippen molar-refractivity contribution in [2.24, 2.45) is 0 Å². The quantitative estimate of drug-likeness (QED) is 0.161. The summed E-state index contributed by atoms with van der Waals surface area (Å²) in [5.41, 5.74) is 10.7. The van der Waals surface area contributed by atoms with E-state index in [1.165, 1.54) is 103 Å². The van der Waals surface area contributed by atoms with Gasteiger partial charge in [-0.3, -0.25) is 0 Å². The van der Waals surface area contributed by atoms with Crippen molar-refractivity contribution in [3.63, 3.8) is 0 Å². The first kappa shape index (κ1) is 30.7. The maximum atomic E-state index is 2.46. The molecule has 13 rings (SSSR count). The Balaban J connectivity index is 1.07. The Hall–Kier alpha value is -7.62. The fraction of sp³-hybridized carbons (Fsp3) is 0. The van der Waals surface area contributed by atoms with E-state index in [9.17, 15) is 0 Å². The summed E-state index contributed by atoms with van der Waals surface area (Å²) in [5.74, 6) is 0. The van der Waals surface area contributed by atoms with Crippen molar-refractivity contribution in [3.8, 4) is 17.1 Å². The van der Waals surface area contributed by atoms with Gasteiger partial charge in [0.2, 0.25) is 0 Å². The molecule has 57 heavy (non-hydrogen) atoms. The molecule has 0 aliphatic heterocycles. The van der Waals surface area contributed by atoms with Crippen LogP contribution in [0.4, 0.5) is 0 Å². The van der Waals surface area contributed by atoms with Gasteiger partial charge in [0.25, 0.3) is 0 Å². The van der Waals surface area contributed by atoms with Gasteiger partial charge in [0.1, 0.15) is 0 Å². The van der Waals surface area contributed by atoms with Crippen molar-refractivity contribution in [2.75, 3.05) is 0 Å². The summed E-state index contributed by atoms with van der Waals surface area (Å²) in [5, 5.41) is 15.2. The number of para-hydroxylation sites is 4. The lowest BCUT2D eigenvalue weighted by Crippen LogP contribution is -1.97. The number of rotatable bonds is 3. The summed E-state index contributed by atoms with van der Waals surface area (Å²) in [6.45, 7) is 0. The molecule has 0 N–H and O–H groups in total. The second-order valence-corrected chi connectivity index (χ2v) is 15.3. The van der Waals surface area contributed by atoms with Crippen LogP contribution in [0.15, 0.2) is 200 Å². The normalized spacial score (nSPS) is 12.2. The van der Waals surface area contributed by atoms with Gasteiger partial charge in [-0.25, -0.2) is 0 Å². The Labute approximate surface area is 327 Å². The molecule has 13 aromatic rings. The van der Waals surface area contributed by atoms with Gasteiger partial charge in [-0.2, -0.15) is 0 Å². The number of aromatic nitrogens is 3. The third kappa shape index (κ3) is 4.15. The van der Waals surface area contributed by atoms with Crippen molar-refractivity contribution < 1.29 is 0 Å². The van der Waals surface area contributed by atoms with Crippen molar-refractivity contribution in [3.05, 3.63) is 200 Å². The minimum atomic E-state index is 1.15. The minimum Gasteiger partial charge on any atom is -0.309 e. The molecule has 0 aliphatic carbocycles. The van der Waals surface area contributed by atoms with Crippen LogP contribution in [-0.4, -0.2) is 13.7 Å². The average molecular weight is 724 g/mol. The Morgan fingerprint density at radius 3 is 1.18 bits per heavy atom. The van der Waals surface area contributed by atoms with E-state index in [1.807, 2.05) is 0 Å². The molecule has 264 valence electrons. The molecule has 0 amide bonds. The second-order valence-electron chi connectivity index (χ2n) is 15.3. The Morgan fingerprint density at radius 1 is 0.211 bits per heavy atom. The van der Waals surface area contributed by atoms with Crippen LogP contribution in [0, 0.1) is 0 Å². The van der Waals surface area contributed by atoms with Gasteiger partial charge in [0.15, 0.2) is 0 Å². The van der Waals surface area contributed by atoms with Crippen LogP contribution >= 0.6 is 0 Å². The summed E-state index contributed by atoms with van der Waals surface area (Å²) in [7, 11) is 0. The number of nitrogens with zero attached hydrogens (tertiary/aromatic N) is 3. The maximum Gasteiger partial charge on any atom is 0.0562 e. The maximum absolute atomic E-state index is 2.46. The highest BCUT2D eigenvalue weighted by Crippen LogP contribution is 2.42. The standard InChI is InChI=1S/C54H33N3/c1-2-16-38-36(14-1)37-15-3-4-17-39(37)45-32-34(28-30-40(38)45)55-47-22-9-7-20-43(47)46-33-35(29-31-51(46)55)56-50-25-12-8-21-44(50)54-52(56)26-13-27-53(54)57-48-23-10-5-18-41(48)42-19-6-11-24-49(42)57/h1-33H. The lowest BCUT2D eigenvalue weighted by atomic mass is 9.94. The van der Waals surface area contributed by atoms with Crippen LogP contribution in [0.1, 0.15) is 0 Å². The van der Waals surface area contributed by atoms with E-state index >= 15 is 0 Å². The van der Waals surface area contributed by atoms with E-state index in [-0.39, 0.29) is 0 Å². The molecule has 0 unspecified atom stereocenters. The molecule has 3 heteroatoms. The van der Waals surface area contributed by atoms with E-state index in [0.29, 0.717) is 0 Å². The molecule has 0 saturated heterocycles. The highest BCUT2D eigenvalue weighted by Gasteiger charge is 2.21. The lowest BCUT2D eigenvalue weighted by molar-refractivity contribution is 1.16. The molecule has 3 aromatic heterocycles. The lowest BCUT2D eigenvalue weighted by Gasteiger charge is -2.14. The van der Waals surface area contributed by atoms with Crippen LogP contribution in [-0.2, 0) is 0 Å². The fourth-order valence-electron chi connectivity index (χ4n) is 10.1. The summed E-state index contributed by atoms with van der Waals surface area (Å²) in [6.07, 6.45) is 0. The van der Waals surface area contributed by atoms with E-state index in [4.69, 9.17) is 0 Å². The van der Waals surface area contributed by atoms with Gasteiger partial charge in [0.05, 0.1) is 38.8 Å². The Kier molecular flexibility index (Phi) is 6.16. The molecule has 0 saturated carbocycles. The van der Waals surface area contributed by atoms with Crippen LogP contribution in [0.5, 0.6) is 0 Å². The Bertz CT molecular complexity index is 3730. The first-order chi connectivity index (χ1) is 28.3. The zero-order valence-electron chi connectivity index (χ0n) is 30.9. The van der Waals surface area contributed by atoms with E-state index < -0.39 is 0 Å².